The molecule has 11 heavy (non-hydrogen) atoms. The van der Waals surface area contributed by atoms with E-state index >= 15 is 0 Å². The van der Waals surface area contributed by atoms with Crippen LogP contribution in [-0.4, -0.2) is 0 Å². The van der Waals surface area contributed by atoms with Crippen LogP contribution in [0.4, 0.5) is 10.1 Å². The van der Waals surface area contributed by atoms with E-state index in [1.807, 2.05) is 0 Å². The van der Waals surface area contributed by atoms with Crippen LogP contribution in [0.1, 0.15) is 5.56 Å². The molecule has 0 heterocycles. The summed E-state index contributed by atoms with van der Waals surface area (Å²) in [6, 6.07) is 2.67. The third-order valence-corrected chi connectivity index (χ3v) is 1.86. The van der Waals surface area contributed by atoms with Crippen LogP contribution in [0.25, 0.3) is 0 Å². The van der Waals surface area contributed by atoms with Crippen molar-refractivity contribution in [1.29, 1.82) is 0 Å². The average Bonchev–Trinajstić information content (AvgIpc) is 1.97. The zero-order chi connectivity index (χ0) is 8.43. The Hall–Kier alpha value is -1.01. The fraction of sp³-hybridized carbons (Fsp3) is 0. The zero-order valence-corrected chi connectivity index (χ0v) is 7.15. The van der Waals surface area contributed by atoms with Crippen LogP contribution >= 0.6 is 15.9 Å². The van der Waals surface area contributed by atoms with Crippen molar-refractivity contribution in [3.63, 3.8) is 0 Å². The van der Waals surface area contributed by atoms with Crippen molar-refractivity contribution in [1.82, 2.24) is 0 Å². The van der Waals surface area contributed by atoms with E-state index in [-0.39, 0.29) is 5.69 Å². The Morgan fingerprint density at radius 2 is 2.18 bits per heavy atom. The maximum absolute atomic E-state index is 12.7. The Morgan fingerprint density at radius 1 is 1.55 bits per heavy atom. The monoisotopic (exact) mass is 213 g/mol. The standard InChI is InChI=1S/C8H5BrFN/c1-2-5-3-6(9)7(10)4-8(5)11/h1,3-4H,11H2. The van der Waals surface area contributed by atoms with Crippen molar-refractivity contribution < 1.29 is 4.39 Å². The quantitative estimate of drug-likeness (QED) is 0.519. The van der Waals surface area contributed by atoms with Gasteiger partial charge in [0.1, 0.15) is 5.82 Å². The molecular formula is C8H5BrFN. The number of terminal acetylenes is 1. The topological polar surface area (TPSA) is 26.0 Å². The number of halogens is 2. The molecule has 0 spiro atoms. The molecule has 0 bridgehead atoms. The SMILES string of the molecule is C#Cc1cc(Br)c(F)cc1N. The lowest BCUT2D eigenvalue weighted by Crippen LogP contribution is -1.91. The van der Waals surface area contributed by atoms with Crippen LogP contribution < -0.4 is 5.73 Å². The summed E-state index contributed by atoms with van der Waals surface area (Å²) in [5.74, 6) is 1.94. The lowest BCUT2D eigenvalue weighted by molar-refractivity contribution is 0.621. The third kappa shape index (κ3) is 1.52. The second kappa shape index (κ2) is 2.93. The summed E-state index contributed by atoms with van der Waals surface area (Å²) in [5, 5.41) is 0. The van der Waals surface area contributed by atoms with Gasteiger partial charge in [-0.15, -0.1) is 6.42 Å². The molecular weight excluding hydrogens is 209 g/mol. The molecule has 0 fully saturated rings. The van der Waals surface area contributed by atoms with Gasteiger partial charge >= 0.3 is 0 Å². The summed E-state index contributed by atoms with van der Waals surface area (Å²) in [6.07, 6.45) is 5.10. The van der Waals surface area contributed by atoms with Crippen LogP contribution in [0, 0.1) is 18.2 Å². The van der Waals surface area contributed by atoms with Crippen molar-refractivity contribution in [2.45, 2.75) is 0 Å². The second-order valence-corrected chi connectivity index (χ2v) is 2.85. The molecule has 0 saturated carbocycles. The van der Waals surface area contributed by atoms with Crippen LogP contribution in [0.2, 0.25) is 0 Å². The summed E-state index contributed by atoms with van der Waals surface area (Å²) in [7, 11) is 0. The number of nitrogen functional groups attached to an aromatic ring is 1. The second-order valence-electron chi connectivity index (χ2n) is 2.00. The molecule has 1 rings (SSSR count). The van der Waals surface area contributed by atoms with Gasteiger partial charge in [0, 0.05) is 5.56 Å². The summed E-state index contributed by atoms with van der Waals surface area (Å²) in [4.78, 5) is 0. The minimum absolute atomic E-state index is 0.285. The number of hydrogen-bond acceptors (Lipinski definition) is 1. The Bertz CT molecular complexity index is 328. The molecule has 56 valence electrons. The lowest BCUT2D eigenvalue weighted by Gasteiger charge is -1.99. The maximum atomic E-state index is 12.7. The highest BCUT2D eigenvalue weighted by molar-refractivity contribution is 9.10. The maximum Gasteiger partial charge on any atom is 0.139 e. The van der Waals surface area contributed by atoms with Crippen LogP contribution in [0.3, 0.4) is 0 Å². The van der Waals surface area contributed by atoms with Gasteiger partial charge in [-0.1, -0.05) is 5.92 Å². The van der Waals surface area contributed by atoms with Crippen LogP contribution in [0.15, 0.2) is 16.6 Å². The van der Waals surface area contributed by atoms with Gasteiger partial charge in [0.05, 0.1) is 10.2 Å². The summed E-state index contributed by atoms with van der Waals surface area (Å²) < 4.78 is 13.0. The van der Waals surface area contributed by atoms with Crippen molar-refractivity contribution >= 4 is 21.6 Å². The molecule has 0 atom stereocenters. The summed E-state index contributed by atoms with van der Waals surface area (Å²) in [5.41, 5.74) is 6.18. The summed E-state index contributed by atoms with van der Waals surface area (Å²) in [6.45, 7) is 0. The van der Waals surface area contributed by atoms with Crippen molar-refractivity contribution in [3.05, 3.63) is 28.0 Å². The highest BCUT2D eigenvalue weighted by Crippen LogP contribution is 2.21. The fourth-order valence-corrected chi connectivity index (χ4v) is 1.03. The first-order valence-electron chi connectivity index (χ1n) is 2.86. The van der Waals surface area contributed by atoms with Gasteiger partial charge in [-0.05, 0) is 28.1 Å². The zero-order valence-electron chi connectivity index (χ0n) is 5.57. The van der Waals surface area contributed by atoms with Crippen LogP contribution in [0.5, 0.6) is 0 Å². The van der Waals surface area contributed by atoms with E-state index < -0.39 is 5.82 Å². The van der Waals surface area contributed by atoms with E-state index in [9.17, 15) is 4.39 Å². The number of nitrogens with two attached hydrogens (primary N) is 1. The van der Waals surface area contributed by atoms with Gasteiger partial charge in [0.25, 0.3) is 0 Å². The Morgan fingerprint density at radius 3 is 2.73 bits per heavy atom. The molecule has 0 aliphatic carbocycles. The van der Waals surface area contributed by atoms with Gasteiger partial charge in [0.15, 0.2) is 0 Å². The van der Waals surface area contributed by atoms with Gasteiger partial charge < -0.3 is 5.73 Å². The van der Waals surface area contributed by atoms with Gasteiger partial charge in [-0.3, -0.25) is 0 Å². The molecule has 0 aromatic heterocycles. The van der Waals surface area contributed by atoms with E-state index in [2.05, 4.69) is 21.9 Å². The van der Waals surface area contributed by atoms with Gasteiger partial charge in [-0.25, -0.2) is 4.39 Å². The minimum atomic E-state index is -0.401. The molecule has 0 aliphatic rings. The third-order valence-electron chi connectivity index (χ3n) is 1.25. The first-order chi connectivity index (χ1) is 5.15. The Labute approximate surface area is 72.5 Å². The first kappa shape index (κ1) is 8.09. The Balaban J connectivity index is 3.35. The Kier molecular flexibility index (Phi) is 2.16. The molecule has 0 unspecified atom stereocenters. The smallest absolute Gasteiger partial charge is 0.139 e. The van der Waals surface area contributed by atoms with E-state index in [0.29, 0.717) is 10.0 Å². The predicted molar refractivity (Wildman–Crippen MR) is 46.4 cm³/mol. The lowest BCUT2D eigenvalue weighted by atomic mass is 10.2. The number of benzene rings is 1. The molecule has 0 aliphatic heterocycles. The van der Waals surface area contributed by atoms with E-state index in [4.69, 9.17) is 12.2 Å². The normalized spacial score (nSPS) is 9.18. The molecule has 1 nitrogen and oxygen atoms in total. The van der Waals surface area contributed by atoms with Gasteiger partial charge in [0.2, 0.25) is 0 Å². The molecule has 0 amide bonds. The average molecular weight is 214 g/mol. The predicted octanol–water partition coefficient (Wildman–Crippen LogP) is 2.15. The number of hydrogen-bond donors (Lipinski definition) is 1. The molecule has 0 radical (unpaired) electrons. The van der Waals surface area contributed by atoms with Gasteiger partial charge in [-0.2, -0.15) is 0 Å². The van der Waals surface area contributed by atoms with E-state index in [0.717, 1.165) is 0 Å². The molecule has 1 aromatic rings. The highest BCUT2D eigenvalue weighted by Gasteiger charge is 2.02. The van der Waals surface area contributed by atoms with Crippen molar-refractivity contribution in [3.8, 4) is 12.3 Å². The molecule has 2 N–H and O–H groups in total. The summed E-state index contributed by atoms with van der Waals surface area (Å²) >= 11 is 2.99. The van der Waals surface area contributed by atoms with E-state index in [1.165, 1.54) is 12.1 Å². The largest absolute Gasteiger partial charge is 0.398 e. The molecule has 3 heteroatoms. The van der Waals surface area contributed by atoms with Crippen LogP contribution in [-0.2, 0) is 0 Å². The highest BCUT2D eigenvalue weighted by atomic mass is 79.9. The number of anilines is 1. The molecule has 0 saturated heterocycles. The molecule has 1 aromatic carbocycles. The van der Waals surface area contributed by atoms with Crippen molar-refractivity contribution in [2.75, 3.05) is 5.73 Å². The van der Waals surface area contributed by atoms with Crippen molar-refractivity contribution in [2.24, 2.45) is 0 Å². The first-order valence-corrected chi connectivity index (χ1v) is 3.65. The minimum Gasteiger partial charge on any atom is -0.398 e. The van der Waals surface area contributed by atoms with E-state index in [1.54, 1.807) is 0 Å². The fourth-order valence-electron chi connectivity index (χ4n) is 0.687. The number of rotatable bonds is 0.